The molecule has 2 rings (SSSR count). The standard InChI is InChI=1S/C20H41BF3O4Si2.K/c1-18(2,3)29(10,11)27-14-12-16(21(22,23)24)26-15-13-25-30(19(4,5)6,20(7,8)9)28-17(14)15;/h14-17H,12-13H2,1-11H3;/q-1;+1/t14-,15-,16-,17+;/m1./s1. The minimum Gasteiger partial charge on any atom is -0.447 e. The Morgan fingerprint density at radius 1 is 0.935 bits per heavy atom. The van der Waals surface area contributed by atoms with Crippen molar-refractivity contribution in [3.05, 3.63) is 0 Å². The average Bonchev–Trinajstić information content (AvgIpc) is 2.49. The van der Waals surface area contributed by atoms with Gasteiger partial charge in [0.05, 0.1) is 12.7 Å². The molecule has 0 spiro atoms. The van der Waals surface area contributed by atoms with Crippen LogP contribution in [0.5, 0.6) is 0 Å². The van der Waals surface area contributed by atoms with Crippen molar-refractivity contribution in [2.75, 3.05) is 6.61 Å². The van der Waals surface area contributed by atoms with Crippen LogP contribution in [0, 0.1) is 0 Å². The monoisotopic (exact) mass is 508 g/mol. The summed E-state index contributed by atoms with van der Waals surface area (Å²) in [4.78, 5) is 0. The van der Waals surface area contributed by atoms with Crippen molar-refractivity contribution in [2.45, 2.75) is 121 Å². The van der Waals surface area contributed by atoms with Gasteiger partial charge in [-0.3, -0.25) is 0 Å². The molecule has 2 heterocycles. The fourth-order valence-corrected chi connectivity index (χ4v) is 10.8. The van der Waals surface area contributed by atoms with E-state index in [0.29, 0.717) is 0 Å². The predicted octanol–water partition coefficient (Wildman–Crippen LogP) is 3.38. The molecule has 0 aromatic rings. The SMILES string of the molecule is CC(C)(C)[Si](C)(C)O[C@@H]1C[C@H]([B-](F)(F)F)O[C@@H]2CO[Si](C(C)(C)C)(C(C)(C)C)O[C@H]21.[K+]. The largest absolute Gasteiger partial charge is 1.00 e. The van der Waals surface area contributed by atoms with Gasteiger partial charge in [0.1, 0.15) is 12.2 Å². The molecular formula is C20H41BF3KO4Si2. The molecule has 2 fully saturated rings. The summed E-state index contributed by atoms with van der Waals surface area (Å²) in [6.07, 6.45) is -2.19. The maximum atomic E-state index is 13.7. The third kappa shape index (κ3) is 6.31. The second kappa shape index (κ2) is 9.67. The smallest absolute Gasteiger partial charge is 0.447 e. The normalized spacial score (nSPS) is 30.4. The zero-order valence-electron chi connectivity index (χ0n) is 21.6. The van der Waals surface area contributed by atoms with Crippen molar-refractivity contribution in [1.29, 1.82) is 0 Å². The fraction of sp³-hybridized carbons (Fsp3) is 1.00. The second-order valence-corrected chi connectivity index (χ2v) is 22.0. The van der Waals surface area contributed by atoms with Crippen LogP contribution in [0.2, 0.25) is 28.2 Å². The van der Waals surface area contributed by atoms with E-state index in [-0.39, 0.29) is 79.5 Å². The van der Waals surface area contributed by atoms with E-state index in [9.17, 15) is 12.9 Å². The van der Waals surface area contributed by atoms with Gasteiger partial charge in [0.25, 0.3) is 0 Å². The van der Waals surface area contributed by atoms with Crippen LogP contribution >= 0.6 is 0 Å². The molecule has 2 saturated heterocycles. The summed E-state index contributed by atoms with van der Waals surface area (Å²) < 4.78 is 66.3. The predicted molar refractivity (Wildman–Crippen MR) is 120 cm³/mol. The summed E-state index contributed by atoms with van der Waals surface area (Å²) >= 11 is 0. The van der Waals surface area contributed by atoms with Crippen molar-refractivity contribution in [1.82, 2.24) is 0 Å². The van der Waals surface area contributed by atoms with Gasteiger partial charge in [-0.2, -0.15) is 0 Å². The number of hydrogen-bond acceptors (Lipinski definition) is 4. The van der Waals surface area contributed by atoms with Crippen molar-refractivity contribution < 1.29 is 82.3 Å². The summed E-state index contributed by atoms with van der Waals surface area (Å²) in [5.41, 5.74) is 0. The quantitative estimate of drug-likeness (QED) is 0.548. The molecule has 0 N–H and O–H groups in total. The van der Waals surface area contributed by atoms with Crippen molar-refractivity contribution in [3.8, 4) is 0 Å². The Kier molecular flexibility index (Phi) is 9.60. The molecule has 31 heavy (non-hydrogen) atoms. The molecule has 0 saturated carbocycles. The molecular weight excluding hydrogens is 467 g/mol. The molecule has 178 valence electrons. The van der Waals surface area contributed by atoms with Gasteiger partial charge in [0.15, 0.2) is 8.32 Å². The first kappa shape index (κ1) is 30.8. The van der Waals surface area contributed by atoms with Gasteiger partial charge in [0.2, 0.25) is 0 Å². The van der Waals surface area contributed by atoms with E-state index in [1.807, 2.05) is 0 Å². The first-order valence-electron chi connectivity index (χ1n) is 11.0. The molecule has 0 bridgehead atoms. The number of hydrogen-bond donors (Lipinski definition) is 0. The van der Waals surface area contributed by atoms with Crippen LogP contribution in [-0.4, -0.2) is 54.8 Å². The van der Waals surface area contributed by atoms with Gasteiger partial charge in [-0.05, 0) is 24.6 Å². The first-order chi connectivity index (χ1) is 13.1. The van der Waals surface area contributed by atoms with Crippen LogP contribution in [0.3, 0.4) is 0 Å². The molecule has 2 aliphatic rings. The number of rotatable bonds is 3. The van der Waals surface area contributed by atoms with Crippen LogP contribution in [0.15, 0.2) is 0 Å². The number of fused-ring (bicyclic) bond motifs is 1. The molecule has 0 unspecified atom stereocenters. The molecule has 0 aromatic heterocycles. The van der Waals surface area contributed by atoms with Crippen LogP contribution in [0.4, 0.5) is 12.9 Å². The number of halogens is 3. The Bertz CT molecular complexity index is 616. The topological polar surface area (TPSA) is 36.9 Å². The minimum absolute atomic E-state index is 0. The van der Waals surface area contributed by atoms with E-state index >= 15 is 0 Å². The van der Waals surface area contributed by atoms with E-state index in [1.165, 1.54) is 0 Å². The summed E-state index contributed by atoms with van der Waals surface area (Å²) in [7, 11) is -5.16. The van der Waals surface area contributed by atoms with E-state index in [1.54, 1.807) is 0 Å². The Balaban J connectivity index is 0.00000480. The van der Waals surface area contributed by atoms with Crippen molar-refractivity contribution in [3.63, 3.8) is 0 Å². The maximum Gasteiger partial charge on any atom is 1.00 e. The van der Waals surface area contributed by atoms with E-state index in [0.717, 1.165) is 0 Å². The third-order valence-corrected chi connectivity index (χ3v) is 16.6. The van der Waals surface area contributed by atoms with Crippen molar-refractivity contribution in [2.24, 2.45) is 0 Å². The summed E-state index contributed by atoms with van der Waals surface area (Å²) in [5, 5.41) is -0.640. The van der Waals surface area contributed by atoms with Crippen LogP contribution in [-0.2, 0) is 18.0 Å². The second-order valence-electron chi connectivity index (χ2n) is 12.5. The number of ether oxygens (including phenoxy) is 1. The fourth-order valence-electron chi connectivity index (χ4n) is 4.50. The van der Waals surface area contributed by atoms with Gasteiger partial charge in [-0.25, -0.2) is 0 Å². The first-order valence-corrected chi connectivity index (χ1v) is 15.7. The molecule has 0 aromatic carbocycles. The van der Waals surface area contributed by atoms with Gasteiger partial charge >= 0.3 is 66.9 Å². The van der Waals surface area contributed by atoms with E-state index < -0.39 is 48.2 Å². The minimum atomic E-state index is -5.14. The zero-order chi connectivity index (χ0) is 23.6. The van der Waals surface area contributed by atoms with Gasteiger partial charge in [0, 0.05) is 16.1 Å². The van der Waals surface area contributed by atoms with E-state index in [2.05, 4.69) is 75.4 Å². The summed E-state index contributed by atoms with van der Waals surface area (Å²) in [5.74, 6) is 0. The van der Waals surface area contributed by atoms with Gasteiger partial charge < -0.3 is 31.0 Å². The molecule has 4 atom stereocenters. The van der Waals surface area contributed by atoms with Crippen LogP contribution in [0.25, 0.3) is 0 Å². The molecule has 11 heteroatoms. The van der Waals surface area contributed by atoms with E-state index in [4.69, 9.17) is 18.0 Å². The average molecular weight is 509 g/mol. The third-order valence-electron chi connectivity index (χ3n) is 6.95. The summed E-state index contributed by atoms with van der Waals surface area (Å²) in [6.45, 7) is 18.0. The molecule has 0 radical (unpaired) electrons. The van der Waals surface area contributed by atoms with Crippen LogP contribution < -0.4 is 51.4 Å². The van der Waals surface area contributed by atoms with Gasteiger partial charge in [-0.1, -0.05) is 62.3 Å². The molecule has 2 aliphatic heterocycles. The molecule has 0 aliphatic carbocycles. The molecule has 4 nitrogen and oxygen atoms in total. The van der Waals surface area contributed by atoms with Gasteiger partial charge in [-0.15, -0.1) is 0 Å². The Labute approximate surface area is 231 Å². The Morgan fingerprint density at radius 2 is 1.42 bits per heavy atom. The molecule has 0 amide bonds. The maximum absolute atomic E-state index is 13.7. The summed E-state index contributed by atoms with van der Waals surface area (Å²) in [6, 6.07) is -1.80. The zero-order valence-corrected chi connectivity index (χ0v) is 26.7. The van der Waals surface area contributed by atoms with Crippen molar-refractivity contribution >= 4 is 23.9 Å². The Morgan fingerprint density at radius 3 is 1.81 bits per heavy atom. The Hall–Kier alpha value is 1.77. The van der Waals surface area contributed by atoms with Crippen LogP contribution in [0.1, 0.15) is 68.7 Å².